The van der Waals surface area contributed by atoms with Gasteiger partial charge >= 0.3 is 5.97 Å². The maximum absolute atomic E-state index is 12.1. The van der Waals surface area contributed by atoms with Gasteiger partial charge in [-0.1, -0.05) is 37.5 Å². The van der Waals surface area contributed by atoms with E-state index in [9.17, 15) is 4.79 Å². The quantitative estimate of drug-likeness (QED) is 0.408. The molecule has 1 aromatic heterocycles. The second kappa shape index (κ2) is 8.39. The van der Waals surface area contributed by atoms with Crippen molar-refractivity contribution in [1.82, 2.24) is 4.98 Å². The molecule has 2 aliphatic rings. The number of ether oxygens (including phenoxy) is 3. The number of fused-ring (bicyclic) bond motifs is 1. The number of esters is 1. The van der Waals surface area contributed by atoms with Crippen LogP contribution in [0.1, 0.15) is 59.5 Å². The van der Waals surface area contributed by atoms with Crippen LogP contribution in [0.3, 0.4) is 0 Å². The number of rotatable bonds is 6. The van der Waals surface area contributed by atoms with Gasteiger partial charge in [0.15, 0.2) is 0 Å². The number of benzene rings is 2. The smallest absolute Gasteiger partial charge is 0.337 e. The van der Waals surface area contributed by atoms with E-state index in [1.54, 1.807) is 0 Å². The first-order chi connectivity index (χ1) is 15.2. The van der Waals surface area contributed by atoms with E-state index < -0.39 is 0 Å². The summed E-state index contributed by atoms with van der Waals surface area (Å²) >= 11 is 0. The van der Waals surface area contributed by atoms with Crippen molar-refractivity contribution >= 4 is 16.9 Å². The third-order valence-electron chi connectivity index (χ3n) is 6.57. The summed E-state index contributed by atoms with van der Waals surface area (Å²) in [6, 6.07) is 12.2. The third-order valence-corrected chi connectivity index (χ3v) is 6.57. The summed E-state index contributed by atoms with van der Waals surface area (Å²) in [6.07, 6.45) is 6.41. The van der Waals surface area contributed by atoms with Crippen molar-refractivity contribution in [3.8, 4) is 17.0 Å². The number of carbonyl (C=O) groups is 1. The van der Waals surface area contributed by atoms with Gasteiger partial charge < -0.3 is 19.2 Å². The molecule has 0 bridgehead atoms. The monoisotopic (exact) mass is 419 g/mol. The highest BCUT2D eigenvalue weighted by Crippen LogP contribution is 2.45. The summed E-state index contributed by atoms with van der Waals surface area (Å²) in [4.78, 5) is 15.8. The lowest BCUT2D eigenvalue weighted by Crippen LogP contribution is -2.08. The molecule has 2 heterocycles. The van der Waals surface area contributed by atoms with Crippen molar-refractivity contribution in [2.45, 2.75) is 51.0 Å². The van der Waals surface area contributed by atoms with Gasteiger partial charge in [-0.25, -0.2) is 4.79 Å². The van der Waals surface area contributed by atoms with Crippen LogP contribution in [-0.2, 0) is 9.47 Å². The van der Waals surface area contributed by atoms with Gasteiger partial charge in [0.25, 0.3) is 0 Å². The van der Waals surface area contributed by atoms with Crippen LogP contribution in [0, 0.1) is 6.92 Å². The van der Waals surface area contributed by atoms with Crippen molar-refractivity contribution in [2.24, 2.45) is 0 Å². The molecule has 1 atom stereocenters. The largest absolute Gasteiger partial charge is 0.490 e. The van der Waals surface area contributed by atoms with Crippen molar-refractivity contribution in [3.05, 3.63) is 53.1 Å². The average Bonchev–Trinajstić information content (AvgIpc) is 3.55. The molecule has 0 unspecified atom stereocenters. The molecule has 5 heteroatoms. The fraction of sp³-hybridized carbons (Fsp3) is 0.423. The number of hydrogen-bond acceptors (Lipinski definition) is 4. The van der Waals surface area contributed by atoms with Crippen LogP contribution >= 0.6 is 0 Å². The Balaban J connectivity index is 1.66. The number of aryl methyl sites for hydroxylation is 1. The number of aromatic amines is 1. The molecular formula is C26H29NO4. The van der Waals surface area contributed by atoms with Crippen LogP contribution in [0.5, 0.6) is 5.75 Å². The van der Waals surface area contributed by atoms with Crippen molar-refractivity contribution < 1.29 is 19.0 Å². The molecule has 1 aliphatic heterocycles. The van der Waals surface area contributed by atoms with Gasteiger partial charge in [-0.2, -0.15) is 0 Å². The fourth-order valence-corrected chi connectivity index (χ4v) is 4.87. The van der Waals surface area contributed by atoms with Gasteiger partial charge in [-0.15, -0.1) is 0 Å². The molecule has 1 N–H and O–H groups in total. The van der Waals surface area contributed by atoms with Crippen LogP contribution in [-0.4, -0.2) is 37.4 Å². The number of H-pyrrole nitrogens is 1. The maximum atomic E-state index is 12.1. The van der Waals surface area contributed by atoms with Crippen LogP contribution in [0.4, 0.5) is 0 Å². The lowest BCUT2D eigenvalue weighted by Gasteiger charge is -2.23. The molecule has 0 radical (unpaired) electrons. The first-order valence-corrected chi connectivity index (χ1v) is 11.2. The summed E-state index contributed by atoms with van der Waals surface area (Å²) in [5.74, 6) is 1.10. The normalized spacial score (nSPS) is 18.8. The van der Waals surface area contributed by atoms with Gasteiger partial charge in [0.2, 0.25) is 0 Å². The zero-order valence-corrected chi connectivity index (χ0v) is 18.2. The zero-order valence-electron chi connectivity index (χ0n) is 18.2. The number of methoxy groups -OCH3 is 1. The Morgan fingerprint density at radius 1 is 1.16 bits per heavy atom. The number of epoxide rings is 1. The average molecular weight is 420 g/mol. The minimum absolute atomic E-state index is 0.204. The van der Waals surface area contributed by atoms with Crippen LogP contribution < -0.4 is 4.74 Å². The summed E-state index contributed by atoms with van der Waals surface area (Å²) in [5, 5.41) is 1.19. The van der Waals surface area contributed by atoms with E-state index in [4.69, 9.17) is 14.2 Å². The highest BCUT2D eigenvalue weighted by molar-refractivity contribution is 5.98. The Morgan fingerprint density at radius 2 is 1.97 bits per heavy atom. The lowest BCUT2D eigenvalue weighted by molar-refractivity contribution is 0.0601. The second-order valence-corrected chi connectivity index (χ2v) is 8.72. The van der Waals surface area contributed by atoms with Crippen molar-refractivity contribution in [2.75, 3.05) is 20.3 Å². The summed E-state index contributed by atoms with van der Waals surface area (Å²) in [5.41, 5.74) is 6.18. The molecule has 1 saturated heterocycles. The van der Waals surface area contributed by atoms with E-state index in [0.717, 1.165) is 34.7 Å². The summed E-state index contributed by atoms with van der Waals surface area (Å²) in [6.45, 7) is 3.44. The van der Waals surface area contributed by atoms with E-state index in [1.807, 2.05) is 12.1 Å². The van der Waals surface area contributed by atoms with Gasteiger partial charge in [0, 0.05) is 16.5 Å². The Labute approximate surface area is 182 Å². The molecule has 5 rings (SSSR count). The van der Waals surface area contributed by atoms with Gasteiger partial charge in [-0.05, 0) is 55.0 Å². The van der Waals surface area contributed by atoms with Gasteiger partial charge in [0.05, 0.1) is 25.0 Å². The molecule has 31 heavy (non-hydrogen) atoms. The zero-order chi connectivity index (χ0) is 21.4. The molecular weight excluding hydrogens is 390 g/mol. The molecule has 2 fully saturated rings. The third kappa shape index (κ3) is 3.94. The molecule has 162 valence electrons. The number of aromatic nitrogens is 1. The highest BCUT2D eigenvalue weighted by atomic mass is 16.6. The lowest BCUT2D eigenvalue weighted by atomic mass is 9.81. The number of para-hydroxylation sites is 1. The van der Waals surface area contributed by atoms with E-state index in [-0.39, 0.29) is 12.1 Å². The molecule has 0 amide bonds. The Morgan fingerprint density at radius 3 is 2.71 bits per heavy atom. The van der Waals surface area contributed by atoms with Crippen molar-refractivity contribution in [1.29, 1.82) is 0 Å². The maximum Gasteiger partial charge on any atom is 0.337 e. The molecule has 1 saturated carbocycles. The molecule has 0 spiro atoms. The molecule has 2 aromatic carbocycles. The van der Waals surface area contributed by atoms with Crippen LogP contribution in [0.25, 0.3) is 22.2 Å². The van der Waals surface area contributed by atoms with Gasteiger partial charge in [0.1, 0.15) is 18.5 Å². The molecule has 3 aromatic rings. The Kier molecular flexibility index (Phi) is 5.45. The summed E-state index contributed by atoms with van der Waals surface area (Å²) in [7, 11) is 1.42. The van der Waals surface area contributed by atoms with E-state index in [0.29, 0.717) is 18.1 Å². The summed E-state index contributed by atoms with van der Waals surface area (Å²) < 4.78 is 16.5. The number of carbonyl (C=O) groups excluding carboxylic acids is 1. The van der Waals surface area contributed by atoms with Gasteiger partial charge in [-0.3, -0.25) is 0 Å². The van der Waals surface area contributed by atoms with E-state index in [2.05, 4.69) is 36.2 Å². The van der Waals surface area contributed by atoms with E-state index >= 15 is 0 Å². The predicted molar refractivity (Wildman–Crippen MR) is 121 cm³/mol. The first-order valence-electron chi connectivity index (χ1n) is 11.2. The SMILES string of the molecule is COC(=O)c1ccc2c(C3CCCCC3)c(-c3cccc(C)c3OC[C@@H]3CO3)[nH]c2c1. The molecule has 1 aliphatic carbocycles. The predicted octanol–water partition coefficient (Wildman–Crippen LogP) is 5.76. The topological polar surface area (TPSA) is 63.9 Å². The minimum atomic E-state index is -0.318. The Bertz CT molecular complexity index is 1110. The number of hydrogen-bond donors (Lipinski definition) is 1. The van der Waals surface area contributed by atoms with E-state index in [1.165, 1.54) is 50.2 Å². The van der Waals surface area contributed by atoms with Crippen LogP contribution in [0.2, 0.25) is 0 Å². The minimum Gasteiger partial charge on any atom is -0.490 e. The highest BCUT2D eigenvalue weighted by Gasteiger charge is 2.27. The first kappa shape index (κ1) is 20.1. The van der Waals surface area contributed by atoms with Crippen molar-refractivity contribution in [3.63, 3.8) is 0 Å². The molecule has 5 nitrogen and oxygen atoms in total. The standard InChI is InChI=1S/C26H29NO4/c1-16-7-6-10-21(25(16)31-15-19-14-30-19)24-23(17-8-4-3-5-9-17)20-12-11-18(26(28)29-2)13-22(20)27-24/h6-7,10-13,17,19,27H,3-5,8-9,14-15H2,1-2H3/t19-/m0/s1. The second-order valence-electron chi connectivity index (χ2n) is 8.72. The van der Waals surface area contributed by atoms with Crippen LogP contribution in [0.15, 0.2) is 36.4 Å². The Hall–Kier alpha value is -2.79. The number of nitrogens with one attached hydrogen (secondary N) is 1. The fourth-order valence-electron chi connectivity index (χ4n) is 4.87.